The van der Waals surface area contributed by atoms with Gasteiger partial charge in [-0.3, -0.25) is 4.79 Å². The molecular weight excluding hydrogens is 328 g/mol. The van der Waals surface area contributed by atoms with Crippen molar-refractivity contribution in [1.29, 1.82) is 0 Å². The minimum absolute atomic E-state index is 0.202. The quantitative estimate of drug-likeness (QED) is 0.827. The zero-order valence-corrected chi connectivity index (χ0v) is 11.8. The van der Waals surface area contributed by atoms with Crippen LogP contribution in [-0.4, -0.2) is 5.91 Å². The maximum absolute atomic E-state index is 13.0. The van der Waals surface area contributed by atoms with Gasteiger partial charge in [0.2, 0.25) is 5.91 Å². The third-order valence-corrected chi connectivity index (χ3v) is 2.96. The Morgan fingerprint density at radius 2 is 1.90 bits per heavy atom. The highest BCUT2D eigenvalue weighted by atomic mass is 79.9. The Labute approximate surface area is 123 Å². The summed E-state index contributed by atoms with van der Waals surface area (Å²) in [5.74, 6) is -2.37. The number of nitrogens with one attached hydrogen (secondary N) is 1. The van der Waals surface area contributed by atoms with E-state index in [1.165, 1.54) is 12.1 Å². The molecule has 0 spiro atoms. The molecule has 0 aromatic heterocycles. The van der Waals surface area contributed by atoms with Gasteiger partial charge in [0.15, 0.2) is 11.6 Å². The third kappa shape index (κ3) is 3.99. The van der Waals surface area contributed by atoms with Gasteiger partial charge in [-0.05, 0) is 35.9 Å². The molecule has 0 aliphatic carbocycles. The zero-order chi connectivity index (χ0) is 14.5. The highest BCUT2D eigenvalue weighted by molar-refractivity contribution is 9.10. The molecule has 1 amide bonds. The Bertz CT molecular complexity index is 671. The van der Waals surface area contributed by atoms with Gasteiger partial charge in [0.1, 0.15) is 0 Å². The third-order valence-electron chi connectivity index (χ3n) is 2.46. The number of carbonyl (C=O) groups excluding carboxylic acids is 1. The first-order chi connectivity index (χ1) is 9.54. The van der Waals surface area contributed by atoms with Crippen LogP contribution >= 0.6 is 15.9 Å². The number of hydrogen-bond acceptors (Lipinski definition) is 1. The van der Waals surface area contributed by atoms with E-state index >= 15 is 0 Å². The van der Waals surface area contributed by atoms with Gasteiger partial charge in [-0.15, -0.1) is 0 Å². The molecule has 0 aliphatic heterocycles. The summed E-state index contributed by atoms with van der Waals surface area (Å²) in [5, 5.41) is 2.45. The number of hydrogen-bond donors (Lipinski definition) is 1. The molecule has 2 nitrogen and oxygen atoms in total. The summed E-state index contributed by atoms with van der Waals surface area (Å²) in [4.78, 5) is 11.6. The van der Waals surface area contributed by atoms with Crippen molar-refractivity contribution < 1.29 is 13.6 Å². The highest BCUT2D eigenvalue weighted by Crippen LogP contribution is 2.14. The van der Waals surface area contributed by atoms with Crippen LogP contribution in [0.5, 0.6) is 0 Å². The first kappa shape index (κ1) is 14.4. The molecule has 20 heavy (non-hydrogen) atoms. The van der Waals surface area contributed by atoms with Crippen molar-refractivity contribution in [2.24, 2.45) is 0 Å². The molecule has 5 heteroatoms. The van der Waals surface area contributed by atoms with Crippen LogP contribution in [0.4, 0.5) is 14.5 Å². The van der Waals surface area contributed by atoms with E-state index in [-0.39, 0.29) is 5.69 Å². The van der Waals surface area contributed by atoms with E-state index < -0.39 is 17.5 Å². The minimum Gasteiger partial charge on any atom is -0.322 e. The smallest absolute Gasteiger partial charge is 0.248 e. The molecule has 0 radical (unpaired) electrons. The van der Waals surface area contributed by atoms with Gasteiger partial charge in [0.05, 0.1) is 0 Å². The molecule has 0 saturated carbocycles. The molecule has 0 heterocycles. The largest absolute Gasteiger partial charge is 0.322 e. The number of rotatable bonds is 3. The van der Waals surface area contributed by atoms with Crippen LogP contribution in [0.25, 0.3) is 6.08 Å². The Morgan fingerprint density at radius 3 is 2.60 bits per heavy atom. The van der Waals surface area contributed by atoms with Crippen molar-refractivity contribution in [2.75, 3.05) is 5.32 Å². The average Bonchev–Trinajstić information content (AvgIpc) is 2.41. The Hall–Kier alpha value is -2.01. The summed E-state index contributed by atoms with van der Waals surface area (Å²) in [5.41, 5.74) is 1.05. The van der Waals surface area contributed by atoms with Crippen molar-refractivity contribution >= 4 is 33.6 Å². The average molecular weight is 338 g/mol. The molecule has 0 bridgehead atoms. The van der Waals surface area contributed by atoms with Crippen LogP contribution in [0, 0.1) is 11.6 Å². The molecule has 0 unspecified atom stereocenters. The van der Waals surface area contributed by atoms with E-state index in [1.54, 1.807) is 6.08 Å². The van der Waals surface area contributed by atoms with Gasteiger partial charge >= 0.3 is 0 Å². The van der Waals surface area contributed by atoms with Crippen molar-refractivity contribution in [3.05, 3.63) is 70.2 Å². The molecule has 102 valence electrons. The van der Waals surface area contributed by atoms with Crippen LogP contribution in [-0.2, 0) is 4.79 Å². The molecule has 0 atom stereocenters. The monoisotopic (exact) mass is 337 g/mol. The van der Waals surface area contributed by atoms with Crippen molar-refractivity contribution in [1.82, 2.24) is 0 Å². The highest BCUT2D eigenvalue weighted by Gasteiger charge is 2.04. The summed E-state index contributed by atoms with van der Waals surface area (Å²) in [6.07, 6.45) is 2.95. The van der Waals surface area contributed by atoms with Crippen LogP contribution in [0.1, 0.15) is 5.56 Å². The number of halogens is 3. The Morgan fingerprint density at radius 1 is 1.10 bits per heavy atom. The standard InChI is InChI=1S/C15H10BrF2NO/c16-11-3-1-2-10(8-11)4-7-15(20)19-12-5-6-13(17)14(18)9-12/h1-9H,(H,19,20)/b7-4+. The van der Waals surface area contributed by atoms with Crippen LogP contribution in [0.3, 0.4) is 0 Å². The predicted octanol–water partition coefficient (Wildman–Crippen LogP) is 4.38. The fraction of sp³-hybridized carbons (Fsp3) is 0. The second kappa shape index (κ2) is 6.43. The Kier molecular flexibility index (Phi) is 4.63. The Balaban J connectivity index is 2.03. The van der Waals surface area contributed by atoms with Gasteiger partial charge in [0, 0.05) is 22.3 Å². The van der Waals surface area contributed by atoms with Gasteiger partial charge in [-0.25, -0.2) is 8.78 Å². The lowest BCUT2D eigenvalue weighted by atomic mass is 10.2. The lowest BCUT2D eigenvalue weighted by Crippen LogP contribution is -2.08. The van der Waals surface area contributed by atoms with E-state index in [0.717, 1.165) is 22.2 Å². The molecule has 2 aromatic rings. The lowest BCUT2D eigenvalue weighted by Gasteiger charge is -2.02. The number of anilines is 1. The SMILES string of the molecule is O=C(/C=C/c1cccc(Br)c1)Nc1ccc(F)c(F)c1. The summed E-state index contributed by atoms with van der Waals surface area (Å²) in [6, 6.07) is 10.6. The van der Waals surface area contributed by atoms with Crippen LogP contribution in [0.15, 0.2) is 53.0 Å². The second-order valence-corrected chi connectivity index (χ2v) is 4.92. The summed E-state index contributed by atoms with van der Waals surface area (Å²) < 4.78 is 26.6. The lowest BCUT2D eigenvalue weighted by molar-refractivity contribution is -0.111. The second-order valence-electron chi connectivity index (χ2n) is 4.01. The molecule has 0 fully saturated rings. The van der Waals surface area contributed by atoms with Gasteiger partial charge in [-0.2, -0.15) is 0 Å². The summed E-state index contributed by atoms with van der Waals surface area (Å²) >= 11 is 3.33. The van der Waals surface area contributed by atoms with E-state index in [2.05, 4.69) is 21.2 Å². The number of amides is 1. The minimum atomic E-state index is -1.00. The first-order valence-electron chi connectivity index (χ1n) is 5.74. The van der Waals surface area contributed by atoms with Gasteiger partial charge in [-0.1, -0.05) is 28.1 Å². The summed E-state index contributed by atoms with van der Waals surface area (Å²) in [6.45, 7) is 0. The summed E-state index contributed by atoms with van der Waals surface area (Å²) in [7, 11) is 0. The van der Waals surface area contributed by atoms with E-state index in [4.69, 9.17) is 0 Å². The molecular formula is C15H10BrF2NO. The van der Waals surface area contributed by atoms with Crippen molar-refractivity contribution in [3.63, 3.8) is 0 Å². The molecule has 0 aliphatic rings. The fourth-order valence-electron chi connectivity index (χ4n) is 1.54. The molecule has 2 aromatic carbocycles. The van der Waals surface area contributed by atoms with Crippen molar-refractivity contribution in [2.45, 2.75) is 0 Å². The van der Waals surface area contributed by atoms with E-state index in [0.29, 0.717) is 0 Å². The number of carbonyl (C=O) groups is 1. The topological polar surface area (TPSA) is 29.1 Å². The zero-order valence-electron chi connectivity index (χ0n) is 10.2. The van der Waals surface area contributed by atoms with E-state index in [1.807, 2.05) is 24.3 Å². The van der Waals surface area contributed by atoms with Gasteiger partial charge in [0.25, 0.3) is 0 Å². The molecule has 2 rings (SSSR count). The van der Waals surface area contributed by atoms with Gasteiger partial charge < -0.3 is 5.32 Å². The maximum Gasteiger partial charge on any atom is 0.248 e. The van der Waals surface area contributed by atoms with Crippen LogP contribution < -0.4 is 5.32 Å². The molecule has 0 saturated heterocycles. The fourth-order valence-corrected chi connectivity index (χ4v) is 1.96. The van der Waals surface area contributed by atoms with Crippen LogP contribution in [0.2, 0.25) is 0 Å². The first-order valence-corrected chi connectivity index (χ1v) is 6.53. The normalized spacial score (nSPS) is 10.8. The molecule has 1 N–H and O–H groups in total. The predicted molar refractivity (Wildman–Crippen MR) is 78.2 cm³/mol. The van der Waals surface area contributed by atoms with E-state index in [9.17, 15) is 13.6 Å². The van der Waals surface area contributed by atoms with Crippen molar-refractivity contribution in [3.8, 4) is 0 Å². The maximum atomic E-state index is 13.0. The number of benzene rings is 2.